The molecule has 0 heterocycles. The van der Waals surface area contributed by atoms with Crippen LogP contribution < -0.4 is 4.89 Å². The second-order valence-electron chi connectivity index (χ2n) is 18.9. The van der Waals surface area contributed by atoms with Crippen molar-refractivity contribution >= 4 is 13.8 Å². The van der Waals surface area contributed by atoms with E-state index in [2.05, 4.69) is 38.2 Å². The van der Waals surface area contributed by atoms with Gasteiger partial charge in [-0.05, 0) is 44.9 Å². The number of likely N-dealkylation sites (N-methyl/N-ethyl adjacent to an activating group) is 1. The highest BCUT2D eigenvalue weighted by molar-refractivity contribution is 7.45. The van der Waals surface area contributed by atoms with Crippen molar-refractivity contribution in [1.29, 1.82) is 0 Å². The van der Waals surface area contributed by atoms with Crippen molar-refractivity contribution in [2.75, 3.05) is 54.1 Å². The van der Waals surface area contributed by atoms with Crippen LogP contribution in [0, 0.1) is 0 Å². The van der Waals surface area contributed by atoms with Crippen molar-refractivity contribution in [3.63, 3.8) is 0 Å². The summed E-state index contributed by atoms with van der Waals surface area (Å²) in [4.78, 5) is 25.1. The van der Waals surface area contributed by atoms with Gasteiger partial charge in [0.2, 0.25) is 0 Å². The molecule has 0 aliphatic rings. The van der Waals surface area contributed by atoms with Crippen LogP contribution in [0.2, 0.25) is 0 Å². The number of hydrogen-bond acceptors (Lipinski definition) is 7. The Balaban J connectivity index is 4.07. The fourth-order valence-electron chi connectivity index (χ4n) is 7.46. The van der Waals surface area contributed by atoms with E-state index in [-0.39, 0.29) is 25.8 Å². The molecule has 0 aromatic rings. The Kier molecular flexibility index (Phi) is 44.8. The van der Waals surface area contributed by atoms with Crippen LogP contribution in [0.3, 0.4) is 0 Å². The van der Waals surface area contributed by atoms with Crippen LogP contribution in [0.4, 0.5) is 0 Å². The molecule has 0 aromatic carbocycles. The number of rotatable bonds is 49. The standard InChI is InChI=1S/C52H102NO7P/c1-6-8-10-12-14-16-18-20-22-23-24-25-26-27-28-29-30-32-34-36-38-40-42-44-47-57-49-51(50-59-61(55,56)58-48-46-53(3,4)5)60-52(54)45-43-41-39-37-35-33-31-21-19-17-15-13-11-9-7-2/h18,20,23-24,51H,6-17,19,21-22,25-50H2,1-5H3/b20-18-,24-23-. The molecule has 0 saturated carbocycles. The van der Waals surface area contributed by atoms with Gasteiger partial charge in [0.25, 0.3) is 7.82 Å². The molecule has 2 unspecified atom stereocenters. The number of nitrogens with zero attached hydrogens (tertiary/aromatic N) is 1. The van der Waals surface area contributed by atoms with Crippen molar-refractivity contribution in [3.05, 3.63) is 24.3 Å². The van der Waals surface area contributed by atoms with Gasteiger partial charge >= 0.3 is 5.97 Å². The lowest BCUT2D eigenvalue weighted by atomic mass is 10.0. The molecule has 61 heavy (non-hydrogen) atoms. The molecule has 0 saturated heterocycles. The second-order valence-corrected chi connectivity index (χ2v) is 20.3. The molecule has 0 bridgehead atoms. The van der Waals surface area contributed by atoms with E-state index in [1.165, 1.54) is 186 Å². The zero-order valence-electron chi connectivity index (χ0n) is 41.1. The van der Waals surface area contributed by atoms with Crippen LogP contribution in [-0.2, 0) is 27.9 Å². The van der Waals surface area contributed by atoms with E-state index in [9.17, 15) is 14.3 Å². The van der Waals surface area contributed by atoms with E-state index in [0.29, 0.717) is 24.1 Å². The van der Waals surface area contributed by atoms with Crippen molar-refractivity contribution in [1.82, 2.24) is 0 Å². The van der Waals surface area contributed by atoms with E-state index < -0.39 is 13.9 Å². The fourth-order valence-corrected chi connectivity index (χ4v) is 8.19. The summed E-state index contributed by atoms with van der Waals surface area (Å²) in [6.07, 6.45) is 53.4. The Morgan fingerprint density at radius 1 is 0.508 bits per heavy atom. The number of esters is 1. The van der Waals surface area contributed by atoms with Gasteiger partial charge in [0.15, 0.2) is 0 Å². The number of unbranched alkanes of at least 4 members (excludes halogenated alkanes) is 31. The minimum absolute atomic E-state index is 0.0285. The van der Waals surface area contributed by atoms with E-state index in [1.807, 2.05) is 21.1 Å². The number of carbonyl (C=O) groups is 1. The maximum absolute atomic E-state index is 12.7. The summed E-state index contributed by atoms with van der Waals surface area (Å²) in [5.74, 6) is -0.330. The minimum Gasteiger partial charge on any atom is -0.756 e. The molecular formula is C52H102NO7P. The topological polar surface area (TPSA) is 94.1 Å². The summed E-state index contributed by atoms with van der Waals surface area (Å²) in [5.41, 5.74) is 0. The lowest BCUT2D eigenvalue weighted by Crippen LogP contribution is -2.37. The number of phosphoric ester groups is 1. The predicted octanol–water partition coefficient (Wildman–Crippen LogP) is 15.3. The Morgan fingerprint density at radius 2 is 0.902 bits per heavy atom. The van der Waals surface area contributed by atoms with Gasteiger partial charge < -0.3 is 27.9 Å². The average Bonchev–Trinajstić information content (AvgIpc) is 3.22. The normalized spacial score (nSPS) is 13.7. The zero-order valence-corrected chi connectivity index (χ0v) is 42.0. The Labute approximate surface area is 379 Å². The minimum atomic E-state index is -4.53. The van der Waals surface area contributed by atoms with E-state index in [1.54, 1.807) is 0 Å². The molecule has 362 valence electrons. The monoisotopic (exact) mass is 884 g/mol. The van der Waals surface area contributed by atoms with Crippen molar-refractivity contribution < 1.29 is 37.3 Å². The second kappa shape index (κ2) is 45.5. The van der Waals surface area contributed by atoms with Crippen LogP contribution in [0.1, 0.15) is 245 Å². The first-order chi connectivity index (χ1) is 29.6. The molecule has 0 spiro atoms. The van der Waals surface area contributed by atoms with Gasteiger partial charge in [-0.15, -0.1) is 0 Å². The molecule has 0 aromatic heterocycles. The summed E-state index contributed by atoms with van der Waals surface area (Å²) < 4.78 is 34.7. The van der Waals surface area contributed by atoms with Gasteiger partial charge in [0.1, 0.15) is 19.3 Å². The quantitative estimate of drug-likeness (QED) is 0.0197. The highest BCUT2D eigenvalue weighted by Crippen LogP contribution is 2.38. The largest absolute Gasteiger partial charge is 0.756 e. The number of quaternary nitrogens is 1. The average molecular weight is 884 g/mol. The zero-order chi connectivity index (χ0) is 44.8. The molecule has 2 atom stereocenters. The van der Waals surface area contributed by atoms with Crippen molar-refractivity contribution in [2.24, 2.45) is 0 Å². The molecule has 8 nitrogen and oxygen atoms in total. The number of allylic oxidation sites excluding steroid dienone is 4. The highest BCUT2D eigenvalue weighted by atomic mass is 31.2. The van der Waals surface area contributed by atoms with Crippen LogP contribution in [0.15, 0.2) is 24.3 Å². The number of ether oxygens (including phenoxy) is 2. The molecule has 0 rings (SSSR count). The fraction of sp³-hybridized carbons (Fsp3) is 0.904. The van der Waals surface area contributed by atoms with E-state index >= 15 is 0 Å². The Hall–Kier alpha value is -1.02. The van der Waals surface area contributed by atoms with Gasteiger partial charge in [0.05, 0.1) is 34.4 Å². The van der Waals surface area contributed by atoms with Crippen LogP contribution in [-0.4, -0.2) is 70.7 Å². The maximum Gasteiger partial charge on any atom is 0.306 e. The highest BCUT2D eigenvalue weighted by Gasteiger charge is 2.20. The maximum atomic E-state index is 12.7. The molecule has 0 aliphatic carbocycles. The molecule has 0 radical (unpaired) electrons. The smallest absolute Gasteiger partial charge is 0.306 e. The van der Waals surface area contributed by atoms with Gasteiger partial charge in [-0.3, -0.25) is 9.36 Å². The van der Waals surface area contributed by atoms with Crippen molar-refractivity contribution in [3.8, 4) is 0 Å². The summed E-state index contributed by atoms with van der Waals surface area (Å²) >= 11 is 0. The molecule has 0 fully saturated rings. The first kappa shape index (κ1) is 60.0. The van der Waals surface area contributed by atoms with Gasteiger partial charge in [-0.2, -0.15) is 0 Å². The van der Waals surface area contributed by atoms with Crippen LogP contribution in [0.5, 0.6) is 0 Å². The third kappa shape index (κ3) is 49.8. The molecule has 0 N–H and O–H groups in total. The van der Waals surface area contributed by atoms with E-state index in [4.69, 9.17) is 18.5 Å². The first-order valence-corrected chi connectivity index (χ1v) is 27.5. The third-order valence-electron chi connectivity index (χ3n) is 11.5. The molecular weight excluding hydrogens is 782 g/mol. The summed E-state index contributed by atoms with van der Waals surface area (Å²) in [7, 11) is 1.37. The Bertz CT molecular complexity index is 1030. The third-order valence-corrected chi connectivity index (χ3v) is 12.5. The molecule has 9 heteroatoms. The van der Waals surface area contributed by atoms with Crippen LogP contribution >= 0.6 is 7.82 Å². The van der Waals surface area contributed by atoms with Gasteiger partial charge in [-0.1, -0.05) is 218 Å². The lowest BCUT2D eigenvalue weighted by Gasteiger charge is -2.28. The SMILES string of the molecule is CCCCCCC/C=C\C/C=C\CCCCCCCCCCCCCCOCC(COP(=O)([O-])OCC[N+](C)(C)C)OC(=O)CCCCCCCCCCCCCCCCC. The number of carbonyl (C=O) groups excluding carboxylic acids is 1. The number of phosphoric acid groups is 1. The molecule has 0 aliphatic heterocycles. The lowest BCUT2D eigenvalue weighted by molar-refractivity contribution is -0.870. The Morgan fingerprint density at radius 3 is 1.33 bits per heavy atom. The first-order valence-electron chi connectivity index (χ1n) is 26.1. The van der Waals surface area contributed by atoms with Gasteiger partial charge in [-0.25, -0.2) is 0 Å². The number of hydrogen-bond donors (Lipinski definition) is 0. The summed E-state index contributed by atoms with van der Waals surface area (Å²) in [6.45, 7) is 5.45. The predicted molar refractivity (Wildman–Crippen MR) is 259 cm³/mol. The van der Waals surface area contributed by atoms with Crippen molar-refractivity contribution in [2.45, 2.75) is 251 Å². The van der Waals surface area contributed by atoms with Crippen LogP contribution in [0.25, 0.3) is 0 Å². The molecule has 0 amide bonds. The summed E-state index contributed by atoms with van der Waals surface area (Å²) in [5, 5.41) is 0. The van der Waals surface area contributed by atoms with E-state index in [0.717, 1.165) is 38.5 Å². The summed E-state index contributed by atoms with van der Waals surface area (Å²) in [6, 6.07) is 0. The van der Waals surface area contributed by atoms with Gasteiger partial charge in [0, 0.05) is 13.0 Å².